The number of carbonyl (C=O) groups is 2. The van der Waals surface area contributed by atoms with Crippen molar-refractivity contribution in [1.29, 1.82) is 0 Å². The molecule has 49 heavy (non-hydrogen) atoms. The number of nitro benzene ring substituents is 1. The SMILES string of the molecule is COc1ccc(C2(c3ccc(OC)cc3)CCN(CCCC3=C(C)N(C(=O)O)C(C)=C(C)C3(C(=O)O)c3cccc([N+](=O)[O-])c3)CC2)cc1. The van der Waals surface area contributed by atoms with Gasteiger partial charge in [-0.25, -0.2) is 4.79 Å². The van der Waals surface area contributed by atoms with Crippen LogP contribution in [-0.4, -0.2) is 70.9 Å². The largest absolute Gasteiger partial charge is 0.497 e. The Balaban J connectivity index is 1.42. The zero-order valence-electron chi connectivity index (χ0n) is 28.6. The van der Waals surface area contributed by atoms with Crippen LogP contribution in [0.15, 0.2) is 95.3 Å². The average Bonchev–Trinajstić information content (AvgIpc) is 3.10. The Labute approximate surface area is 286 Å². The Hall–Kier alpha value is -5.16. The molecule has 5 rings (SSSR count). The van der Waals surface area contributed by atoms with Crippen LogP contribution in [0.1, 0.15) is 63.1 Å². The molecular weight excluding hydrogens is 626 g/mol. The third kappa shape index (κ3) is 6.26. The maximum Gasteiger partial charge on any atom is 0.415 e. The molecule has 2 heterocycles. The number of aliphatic carboxylic acids is 1. The molecule has 0 saturated carbocycles. The number of amides is 1. The van der Waals surface area contributed by atoms with E-state index >= 15 is 0 Å². The first-order valence-electron chi connectivity index (χ1n) is 16.3. The second kappa shape index (κ2) is 14.1. The molecule has 0 bridgehead atoms. The molecule has 1 amide bonds. The fourth-order valence-corrected chi connectivity index (χ4v) is 7.84. The monoisotopic (exact) mass is 669 g/mol. The van der Waals surface area contributed by atoms with Gasteiger partial charge in [0.2, 0.25) is 0 Å². The van der Waals surface area contributed by atoms with E-state index in [2.05, 4.69) is 29.2 Å². The predicted octanol–water partition coefficient (Wildman–Crippen LogP) is 7.36. The van der Waals surface area contributed by atoms with Crippen molar-refractivity contribution in [1.82, 2.24) is 9.80 Å². The first-order valence-corrected chi connectivity index (χ1v) is 16.3. The van der Waals surface area contributed by atoms with Crippen LogP contribution in [0, 0.1) is 10.1 Å². The normalized spacial score (nSPS) is 19.5. The Bertz CT molecular complexity index is 1740. The topological polar surface area (TPSA) is 143 Å². The van der Waals surface area contributed by atoms with Gasteiger partial charge in [0.1, 0.15) is 16.9 Å². The van der Waals surface area contributed by atoms with Crippen LogP contribution in [0.4, 0.5) is 10.5 Å². The van der Waals surface area contributed by atoms with Gasteiger partial charge in [-0.15, -0.1) is 0 Å². The van der Waals surface area contributed by atoms with Crippen molar-refractivity contribution < 1.29 is 34.2 Å². The van der Waals surface area contributed by atoms with Crippen LogP contribution < -0.4 is 9.47 Å². The first-order chi connectivity index (χ1) is 23.4. The highest BCUT2D eigenvalue weighted by atomic mass is 16.6. The molecule has 0 aliphatic carbocycles. The number of nitrogens with zero attached hydrogens (tertiary/aromatic N) is 3. The zero-order valence-corrected chi connectivity index (χ0v) is 28.6. The summed E-state index contributed by atoms with van der Waals surface area (Å²) in [7, 11) is 3.31. The summed E-state index contributed by atoms with van der Waals surface area (Å²) in [5, 5.41) is 32.8. The number of hydrogen-bond donors (Lipinski definition) is 2. The number of carboxylic acid groups (broad SMARTS) is 2. The lowest BCUT2D eigenvalue weighted by Crippen LogP contribution is -2.47. The number of nitro groups is 1. The van der Waals surface area contributed by atoms with Gasteiger partial charge in [-0.3, -0.25) is 19.8 Å². The number of allylic oxidation sites excluding steroid dienone is 2. The number of ether oxygens (including phenoxy) is 2. The Morgan fingerprint density at radius 3 is 1.86 bits per heavy atom. The molecule has 3 aromatic rings. The highest BCUT2D eigenvalue weighted by Gasteiger charge is 2.51. The molecule has 0 radical (unpaired) electrons. The van der Waals surface area contributed by atoms with E-state index in [0.29, 0.717) is 29.8 Å². The number of piperidine rings is 1. The van der Waals surface area contributed by atoms with Crippen LogP contribution in [0.2, 0.25) is 0 Å². The number of benzene rings is 3. The number of carboxylic acids is 1. The minimum Gasteiger partial charge on any atom is -0.497 e. The second-order valence-electron chi connectivity index (χ2n) is 12.7. The molecule has 1 unspecified atom stereocenters. The zero-order chi connectivity index (χ0) is 35.5. The maximum absolute atomic E-state index is 13.4. The van der Waals surface area contributed by atoms with Gasteiger partial charge < -0.3 is 24.6 Å². The van der Waals surface area contributed by atoms with Gasteiger partial charge in [-0.2, -0.15) is 0 Å². The van der Waals surface area contributed by atoms with Gasteiger partial charge in [0.05, 0.1) is 19.1 Å². The fourth-order valence-electron chi connectivity index (χ4n) is 7.84. The summed E-state index contributed by atoms with van der Waals surface area (Å²) in [6, 6.07) is 22.1. The summed E-state index contributed by atoms with van der Waals surface area (Å²) >= 11 is 0. The number of hydrogen-bond acceptors (Lipinski definition) is 7. The molecule has 0 spiro atoms. The van der Waals surface area contributed by atoms with E-state index in [4.69, 9.17) is 9.47 Å². The number of methoxy groups -OCH3 is 2. The lowest BCUT2D eigenvalue weighted by molar-refractivity contribution is -0.384. The summed E-state index contributed by atoms with van der Waals surface area (Å²) in [5.41, 5.74) is 1.73. The third-order valence-corrected chi connectivity index (χ3v) is 10.6. The molecule has 2 aliphatic rings. The highest BCUT2D eigenvalue weighted by molar-refractivity contribution is 5.92. The minimum absolute atomic E-state index is 0.223. The first kappa shape index (κ1) is 35.2. The van der Waals surface area contributed by atoms with Crippen molar-refractivity contribution in [2.24, 2.45) is 0 Å². The Kier molecular flexibility index (Phi) is 10.1. The van der Waals surface area contributed by atoms with Crippen LogP contribution in [0.3, 0.4) is 0 Å². The van der Waals surface area contributed by atoms with E-state index in [1.165, 1.54) is 29.3 Å². The van der Waals surface area contributed by atoms with Gasteiger partial charge >= 0.3 is 12.1 Å². The molecule has 2 N–H and O–H groups in total. The molecule has 11 nitrogen and oxygen atoms in total. The molecule has 0 aromatic heterocycles. The minimum atomic E-state index is -1.76. The lowest BCUT2D eigenvalue weighted by Gasteiger charge is -2.44. The summed E-state index contributed by atoms with van der Waals surface area (Å²) in [6.07, 6.45) is 1.35. The number of non-ortho nitro benzene ring substituents is 1. The van der Waals surface area contributed by atoms with Gasteiger partial charge in [-0.05, 0) is 118 Å². The molecular formula is C38H43N3O8. The van der Waals surface area contributed by atoms with Crippen molar-refractivity contribution in [3.05, 3.63) is 122 Å². The number of likely N-dealkylation sites (tertiary alicyclic amines) is 1. The molecule has 3 aromatic carbocycles. The van der Waals surface area contributed by atoms with Gasteiger partial charge in [0.15, 0.2) is 0 Å². The van der Waals surface area contributed by atoms with E-state index in [1.807, 2.05) is 24.3 Å². The van der Waals surface area contributed by atoms with Crippen molar-refractivity contribution in [3.63, 3.8) is 0 Å². The third-order valence-electron chi connectivity index (χ3n) is 10.6. The van der Waals surface area contributed by atoms with E-state index in [-0.39, 0.29) is 28.8 Å². The van der Waals surface area contributed by atoms with Gasteiger partial charge in [0, 0.05) is 28.9 Å². The van der Waals surface area contributed by atoms with Crippen LogP contribution >= 0.6 is 0 Å². The predicted molar refractivity (Wildman–Crippen MR) is 185 cm³/mol. The molecule has 2 aliphatic heterocycles. The van der Waals surface area contributed by atoms with E-state index in [0.717, 1.165) is 42.3 Å². The van der Waals surface area contributed by atoms with Crippen LogP contribution in [0.5, 0.6) is 11.5 Å². The van der Waals surface area contributed by atoms with E-state index in [9.17, 15) is 29.9 Å². The van der Waals surface area contributed by atoms with Crippen LogP contribution in [-0.2, 0) is 15.6 Å². The summed E-state index contributed by atoms with van der Waals surface area (Å²) in [5.74, 6) is 0.385. The fraction of sp³-hybridized carbons (Fsp3) is 0.368. The summed E-state index contributed by atoms with van der Waals surface area (Å²) in [4.78, 5) is 40.5. The molecule has 258 valence electrons. The Morgan fingerprint density at radius 1 is 0.837 bits per heavy atom. The quantitative estimate of drug-likeness (QED) is 0.158. The van der Waals surface area contributed by atoms with E-state index < -0.39 is 22.4 Å². The second-order valence-corrected chi connectivity index (χ2v) is 12.7. The van der Waals surface area contributed by atoms with Crippen LogP contribution in [0.25, 0.3) is 0 Å². The van der Waals surface area contributed by atoms with Crippen molar-refractivity contribution in [3.8, 4) is 11.5 Å². The molecule has 1 saturated heterocycles. The highest BCUT2D eigenvalue weighted by Crippen LogP contribution is 2.50. The van der Waals surface area contributed by atoms with Crippen molar-refractivity contribution >= 4 is 17.7 Å². The Morgan fingerprint density at radius 2 is 1.39 bits per heavy atom. The standard InChI is InChI=1S/C38H43N3O8/c1-25-26(2)40(36(44)45)27(3)34(38(25,35(42)43)30-8-6-9-31(24-30)41(46)47)10-7-21-39-22-19-37(20-23-39,28-11-15-32(48-4)16-12-28)29-13-17-33(49-5)18-14-29/h6,8-9,11-18,24H,7,10,19-23H2,1-5H3,(H,42,43)(H,44,45). The molecule has 1 atom stereocenters. The molecule has 1 fully saturated rings. The average molecular weight is 670 g/mol. The molecule has 11 heteroatoms. The lowest BCUT2D eigenvalue weighted by atomic mass is 9.65. The van der Waals surface area contributed by atoms with Crippen molar-refractivity contribution in [2.75, 3.05) is 33.9 Å². The smallest absolute Gasteiger partial charge is 0.415 e. The summed E-state index contributed by atoms with van der Waals surface area (Å²) < 4.78 is 10.8. The van der Waals surface area contributed by atoms with Gasteiger partial charge in [-0.1, -0.05) is 36.4 Å². The number of rotatable bonds is 11. The van der Waals surface area contributed by atoms with Gasteiger partial charge in [0.25, 0.3) is 5.69 Å². The van der Waals surface area contributed by atoms with Crippen molar-refractivity contribution in [2.45, 2.75) is 57.3 Å². The van der Waals surface area contributed by atoms with E-state index in [1.54, 1.807) is 41.1 Å². The maximum atomic E-state index is 13.4. The summed E-state index contributed by atoms with van der Waals surface area (Å²) in [6.45, 7) is 7.05.